The van der Waals surface area contributed by atoms with E-state index in [-0.39, 0.29) is 11.1 Å². The van der Waals surface area contributed by atoms with Crippen molar-refractivity contribution >= 4 is 17.4 Å². The Labute approximate surface area is 114 Å². The van der Waals surface area contributed by atoms with Gasteiger partial charge in [-0.2, -0.15) is 13.2 Å². The summed E-state index contributed by atoms with van der Waals surface area (Å²) in [6.07, 6.45) is -1.40. The molecular weight excluding hydrogens is 279 g/mol. The number of anilines is 1. The summed E-state index contributed by atoms with van der Waals surface area (Å²) in [5.74, 6) is 0.829. The summed E-state index contributed by atoms with van der Waals surface area (Å²) in [7, 11) is 0. The predicted molar refractivity (Wildman–Crippen MR) is 67.3 cm³/mol. The van der Waals surface area contributed by atoms with Gasteiger partial charge < -0.3 is 4.90 Å². The second kappa shape index (κ2) is 5.53. The van der Waals surface area contributed by atoms with Gasteiger partial charge in [-0.25, -0.2) is 9.97 Å². The normalized spacial score (nSPS) is 15.6. The molecule has 1 aliphatic carbocycles. The summed E-state index contributed by atoms with van der Waals surface area (Å²) >= 11 is 5.60. The minimum absolute atomic E-state index is 0.265. The molecule has 0 amide bonds. The lowest BCUT2D eigenvalue weighted by Crippen LogP contribution is -2.28. The highest BCUT2D eigenvalue weighted by Crippen LogP contribution is 2.33. The largest absolute Gasteiger partial charge is 0.433 e. The van der Waals surface area contributed by atoms with Crippen LogP contribution in [0.2, 0.25) is 5.28 Å². The molecule has 0 radical (unpaired) electrons. The average Bonchev–Trinajstić information content (AvgIpc) is 3.10. The van der Waals surface area contributed by atoms with Crippen LogP contribution in [-0.2, 0) is 6.18 Å². The fraction of sp³-hybridized carbons (Fsp3) is 0.667. The molecule has 7 heteroatoms. The maximum Gasteiger partial charge on any atom is 0.433 e. The second-order valence-electron chi connectivity index (χ2n) is 4.77. The zero-order valence-electron chi connectivity index (χ0n) is 10.5. The van der Waals surface area contributed by atoms with E-state index in [1.54, 1.807) is 0 Å². The fourth-order valence-corrected chi connectivity index (χ4v) is 2.07. The lowest BCUT2D eigenvalue weighted by atomic mass is 10.3. The third kappa shape index (κ3) is 3.96. The Bertz CT molecular complexity index is 446. The Hall–Kier alpha value is -1.04. The van der Waals surface area contributed by atoms with Crippen molar-refractivity contribution in [3.05, 3.63) is 17.0 Å². The van der Waals surface area contributed by atoms with Crippen LogP contribution in [0.3, 0.4) is 0 Å². The third-order valence-corrected chi connectivity index (χ3v) is 3.14. The van der Waals surface area contributed by atoms with Crippen LogP contribution in [0.25, 0.3) is 0 Å². The van der Waals surface area contributed by atoms with Crippen LogP contribution in [0, 0.1) is 5.92 Å². The number of hydrogen-bond donors (Lipinski definition) is 0. The second-order valence-corrected chi connectivity index (χ2v) is 5.11. The number of nitrogens with zero attached hydrogens (tertiary/aromatic N) is 3. The Morgan fingerprint density at radius 3 is 2.58 bits per heavy atom. The summed E-state index contributed by atoms with van der Waals surface area (Å²) in [4.78, 5) is 9.03. The number of alkyl halides is 3. The summed E-state index contributed by atoms with van der Waals surface area (Å²) in [5, 5.41) is -0.360. The quantitative estimate of drug-likeness (QED) is 0.774. The zero-order chi connectivity index (χ0) is 14.0. The molecule has 1 fully saturated rings. The van der Waals surface area contributed by atoms with Crippen LogP contribution in [0.15, 0.2) is 6.07 Å². The van der Waals surface area contributed by atoms with Crippen LogP contribution in [-0.4, -0.2) is 23.1 Å². The van der Waals surface area contributed by atoms with Crippen LogP contribution in [0.5, 0.6) is 0 Å². The van der Waals surface area contributed by atoms with Gasteiger partial charge in [-0.1, -0.05) is 6.92 Å². The van der Waals surface area contributed by atoms with Gasteiger partial charge >= 0.3 is 6.18 Å². The Balaban J connectivity index is 2.27. The summed E-state index contributed by atoms with van der Waals surface area (Å²) in [5.41, 5.74) is -0.987. The van der Waals surface area contributed by atoms with Crippen molar-refractivity contribution in [2.75, 3.05) is 18.0 Å². The highest BCUT2D eigenvalue weighted by Gasteiger charge is 2.34. The molecule has 0 unspecified atom stereocenters. The van der Waals surface area contributed by atoms with E-state index in [9.17, 15) is 13.2 Å². The maximum atomic E-state index is 12.7. The molecule has 0 atom stereocenters. The van der Waals surface area contributed by atoms with Crippen molar-refractivity contribution in [1.82, 2.24) is 9.97 Å². The molecule has 3 nitrogen and oxygen atoms in total. The summed E-state index contributed by atoms with van der Waals surface area (Å²) in [6, 6.07) is 0.976. The van der Waals surface area contributed by atoms with E-state index in [2.05, 4.69) is 9.97 Å². The molecule has 19 heavy (non-hydrogen) atoms. The van der Waals surface area contributed by atoms with E-state index >= 15 is 0 Å². The standard InChI is InChI=1S/C12H15ClF3N3/c1-2-5-19(7-8-3-4-8)10-6-9(12(14,15)16)17-11(13)18-10/h6,8H,2-5,7H2,1H3. The lowest BCUT2D eigenvalue weighted by molar-refractivity contribution is -0.141. The Morgan fingerprint density at radius 2 is 2.05 bits per heavy atom. The number of halogens is 4. The van der Waals surface area contributed by atoms with Gasteiger partial charge in [-0.3, -0.25) is 0 Å². The first-order valence-corrected chi connectivity index (χ1v) is 6.64. The number of aromatic nitrogens is 2. The van der Waals surface area contributed by atoms with Crippen molar-refractivity contribution in [1.29, 1.82) is 0 Å². The van der Waals surface area contributed by atoms with Gasteiger partial charge in [0.05, 0.1) is 0 Å². The first kappa shape index (κ1) is 14.4. The smallest absolute Gasteiger partial charge is 0.356 e. The molecule has 1 aromatic rings. The Morgan fingerprint density at radius 1 is 1.37 bits per heavy atom. The number of hydrogen-bond acceptors (Lipinski definition) is 3. The summed E-state index contributed by atoms with van der Waals surface area (Å²) in [6.45, 7) is 3.38. The topological polar surface area (TPSA) is 29.0 Å². The minimum Gasteiger partial charge on any atom is -0.356 e. The maximum absolute atomic E-state index is 12.7. The van der Waals surface area contributed by atoms with Gasteiger partial charge in [0.15, 0.2) is 5.69 Å². The van der Waals surface area contributed by atoms with Gasteiger partial charge in [0.1, 0.15) is 5.82 Å². The molecule has 1 aromatic heterocycles. The van der Waals surface area contributed by atoms with Crippen LogP contribution >= 0.6 is 11.6 Å². The van der Waals surface area contributed by atoms with Gasteiger partial charge in [0.25, 0.3) is 0 Å². The molecule has 0 N–H and O–H groups in total. The molecule has 0 bridgehead atoms. The molecule has 106 valence electrons. The monoisotopic (exact) mass is 293 g/mol. The molecule has 2 rings (SSSR count). The van der Waals surface area contributed by atoms with Gasteiger partial charge in [-0.15, -0.1) is 0 Å². The van der Waals surface area contributed by atoms with Gasteiger partial charge in [0, 0.05) is 19.2 Å². The molecule has 0 spiro atoms. The SMILES string of the molecule is CCCN(CC1CC1)c1cc(C(F)(F)F)nc(Cl)n1. The fourth-order valence-electron chi connectivity index (χ4n) is 1.89. The van der Waals surface area contributed by atoms with E-state index in [1.165, 1.54) is 0 Å². The van der Waals surface area contributed by atoms with Crippen molar-refractivity contribution in [2.24, 2.45) is 5.92 Å². The van der Waals surface area contributed by atoms with E-state index in [1.807, 2.05) is 11.8 Å². The molecule has 0 saturated heterocycles. The van der Waals surface area contributed by atoms with Crippen molar-refractivity contribution in [2.45, 2.75) is 32.4 Å². The predicted octanol–water partition coefficient (Wildman–Crippen LogP) is 3.78. The lowest BCUT2D eigenvalue weighted by Gasteiger charge is -2.23. The van der Waals surface area contributed by atoms with Crippen LogP contribution in [0.4, 0.5) is 19.0 Å². The molecule has 1 heterocycles. The molecular formula is C12H15ClF3N3. The van der Waals surface area contributed by atoms with E-state index in [4.69, 9.17) is 11.6 Å². The van der Waals surface area contributed by atoms with Crippen molar-refractivity contribution in [3.63, 3.8) is 0 Å². The van der Waals surface area contributed by atoms with Crippen LogP contribution in [0.1, 0.15) is 31.9 Å². The molecule has 0 aromatic carbocycles. The third-order valence-electron chi connectivity index (χ3n) is 2.97. The highest BCUT2D eigenvalue weighted by atomic mass is 35.5. The van der Waals surface area contributed by atoms with Crippen molar-refractivity contribution < 1.29 is 13.2 Å². The highest BCUT2D eigenvalue weighted by molar-refractivity contribution is 6.28. The summed E-state index contributed by atoms with van der Waals surface area (Å²) < 4.78 is 38.1. The first-order valence-electron chi connectivity index (χ1n) is 6.27. The average molecular weight is 294 g/mol. The molecule has 1 aliphatic rings. The molecule has 0 aliphatic heterocycles. The Kier molecular flexibility index (Phi) is 4.18. The van der Waals surface area contributed by atoms with Gasteiger partial charge in [-0.05, 0) is 36.8 Å². The van der Waals surface area contributed by atoms with Crippen LogP contribution < -0.4 is 4.90 Å². The first-order chi connectivity index (χ1) is 8.90. The van der Waals surface area contributed by atoms with Crippen molar-refractivity contribution in [3.8, 4) is 0 Å². The van der Waals surface area contributed by atoms with E-state index < -0.39 is 11.9 Å². The number of rotatable bonds is 5. The zero-order valence-corrected chi connectivity index (χ0v) is 11.3. The van der Waals surface area contributed by atoms with Gasteiger partial charge in [0.2, 0.25) is 5.28 Å². The molecule has 1 saturated carbocycles. The van der Waals surface area contributed by atoms with E-state index in [0.717, 1.165) is 31.9 Å². The van der Waals surface area contributed by atoms with E-state index in [0.29, 0.717) is 12.5 Å². The minimum atomic E-state index is -4.50.